The average molecular weight is 448 g/mol. The Labute approximate surface area is 116 Å². The summed E-state index contributed by atoms with van der Waals surface area (Å²) in [6.07, 6.45) is 3.96. The topological polar surface area (TPSA) is 0 Å². The number of hydrogen-bond acceptors (Lipinski definition) is 0. The Balaban J connectivity index is 5.79. The van der Waals surface area contributed by atoms with E-state index < -0.39 is 29.2 Å². The molecule has 0 aliphatic rings. The van der Waals surface area contributed by atoms with Crippen LogP contribution in [0.3, 0.4) is 0 Å². The van der Waals surface area contributed by atoms with Crippen LogP contribution in [0.1, 0.15) is 27.2 Å². The molecule has 0 atom stereocenters. The van der Waals surface area contributed by atoms with Gasteiger partial charge in [0.1, 0.15) is 0 Å². The molecule has 0 N–H and O–H groups in total. The SMILES string of the molecule is CCB(CC)/C(CC)=[C](/[Si](C)(C)C)[Pb]([CH3])([CH3])[CH3]. The van der Waals surface area contributed by atoms with Gasteiger partial charge in [-0.05, 0) is 0 Å². The van der Waals surface area contributed by atoms with Crippen molar-refractivity contribution in [3.8, 4) is 0 Å². The molecule has 3 heteroatoms. The average Bonchev–Trinajstić information content (AvgIpc) is 2.13. The van der Waals surface area contributed by atoms with Gasteiger partial charge in [0.25, 0.3) is 0 Å². The van der Waals surface area contributed by atoms with Gasteiger partial charge in [-0.3, -0.25) is 0 Å². The Morgan fingerprint density at radius 2 is 1.35 bits per heavy atom. The molecule has 0 aliphatic carbocycles. The van der Waals surface area contributed by atoms with Gasteiger partial charge in [0, 0.05) is 0 Å². The maximum atomic E-state index is 2.62. The van der Waals surface area contributed by atoms with Crippen molar-refractivity contribution in [3.63, 3.8) is 0 Å². The summed E-state index contributed by atoms with van der Waals surface area (Å²) >= 11 is -2.06. The van der Waals surface area contributed by atoms with E-state index in [2.05, 4.69) is 53.9 Å². The van der Waals surface area contributed by atoms with Crippen LogP contribution in [-0.4, -0.2) is 36.0 Å². The van der Waals surface area contributed by atoms with Crippen molar-refractivity contribution in [2.45, 2.75) is 72.9 Å². The van der Waals surface area contributed by atoms with Crippen LogP contribution in [0.25, 0.3) is 0 Å². The Morgan fingerprint density at radius 3 is 1.53 bits per heavy atom. The minimum atomic E-state index is -2.06. The van der Waals surface area contributed by atoms with Gasteiger partial charge >= 0.3 is 117 Å². The quantitative estimate of drug-likeness (QED) is 0.470. The first-order valence-corrected chi connectivity index (χ1v) is 24.4. The van der Waals surface area contributed by atoms with Gasteiger partial charge in [-0.15, -0.1) is 0 Å². The van der Waals surface area contributed by atoms with E-state index in [4.69, 9.17) is 0 Å². The molecule has 0 unspecified atom stereocenters. The van der Waals surface area contributed by atoms with Crippen LogP contribution < -0.4 is 0 Å². The second-order valence-electron chi connectivity index (χ2n) is 7.27. The standard InChI is InChI=1S/C11H24BSi.3CH3.Pb/c1-7-11(10-13(4,5)6)12(8-2)9-3;;;;/h7-9H2,1-6H3;3*1H3;. The summed E-state index contributed by atoms with van der Waals surface area (Å²) in [5.74, 6) is 0. The van der Waals surface area contributed by atoms with Gasteiger partial charge < -0.3 is 0 Å². The summed E-state index contributed by atoms with van der Waals surface area (Å²) in [6, 6.07) is 0. The van der Waals surface area contributed by atoms with Crippen molar-refractivity contribution in [2.24, 2.45) is 0 Å². The molecular formula is C14H33BPbSi. The van der Waals surface area contributed by atoms with E-state index in [1.54, 1.807) is 0 Å². The molecule has 0 spiro atoms. The van der Waals surface area contributed by atoms with Crippen molar-refractivity contribution >= 4 is 36.0 Å². The van der Waals surface area contributed by atoms with E-state index >= 15 is 0 Å². The molecule has 0 aromatic rings. The zero-order valence-electron chi connectivity index (χ0n) is 13.7. The molecule has 0 amide bonds. The third-order valence-electron chi connectivity index (χ3n) is 3.68. The fourth-order valence-electron chi connectivity index (χ4n) is 3.54. The summed E-state index contributed by atoms with van der Waals surface area (Å²) in [4.78, 5) is 0. The van der Waals surface area contributed by atoms with Crippen LogP contribution in [0, 0.1) is 0 Å². The number of allylic oxidation sites excluding steroid dienone is 1. The molecule has 0 nitrogen and oxygen atoms in total. The van der Waals surface area contributed by atoms with Crippen LogP contribution in [-0.2, 0) is 0 Å². The fraction of sp³-hybridized carbons (Fsp3) is 0.857. The fourth-order valence-corrected chi connectivity index (χ4v) is 38.6. The molecule has 100 valence electrons. The van der Waals surface area contributed by atoms with Crippen molar-refractivity contribution < 1.29 is 0 Å². The molecule has 0 saturated heterocycles. The first-order chi connectivity index (χ1) is 7.59. The molecule has 17 heavy (non-hydrogen) atoms. The first kappa shape index (κ1) is 17.9. The Bertz CT molecular complexity index is 251. The molecule has 0 fully saturated rings. The monoisotopic (exact) mass is 448 g/mol. The second kappa shape index (κ2) is 6.92. The molecule has 0 saturated carbocycles. The molecule has 0 aliphatic heterocycles. The van der Waals surface area contributed by atoms with E-state index in [1.807, 2.05) is 8.23 Å². The van der Waals surface area contributed by atoms with E-state index in [0.29, 0.717) is 0 Å². The Hall–Kier alpha value is 0.944. The van der Waals surface area contributed by atoms with E-state index in [-0.39, 0.29) is 0 Å². The summed E-state index contributed by atoms with van der Waals surface area (Å²) in [5.41, 5.74) is 1.88. The van der Waals surface area contributed by atoms with Gasteiger partial charge in [-0.1, -0.05) is 0 Å². The van der Waals surface area contributed by atoms with Gasteiger partial charge in [-0.2, -0.15) is 0 Å². The van der Waals surface area contributed by atoms with Gasteiger partial charge in [-0.25, -0.2) is 0 Å². The molecule has 0 aromatic heterocycles. The molecule has 0 radical (unpaired) electrons. The summed E-state index contributed by atoms with van der Waals surface area (Å²) in [5, 5.41) is 0. The van der Waals surface area contributed by atoms with E-state index in [1.165, 1.54) is 19.1 Å². The first-order valence-electron chi connectivity index (χ1n) is 7.33. The molecule has 0 rings (SSSR count). The van der Waals surface area contributed by atoms with E-state index in [0.717, 1.165) is 6.71 Å². The molecule has 0 heterocycles. The minimum absolute atomic E-state index is 0.862. The normalized spacial score (nSPS) is 14.6. The van der Waals surface area contributed by atoms with Crippen LogP contribution in [0.2, 0.25) is 45.7 Å². The second-order valence-corrected chi connectivity index (χ2v) is 33.6. The predicted molar refractivity (Wildman–Crippen MR) is 90.7 cm³/mol. The van der Waals surface area contributed by atoms with Crippen LogP contribution in [0.15, 0.2) is 8.23 Å². The Kier molecular flexibility index (Phi) is 7.31. The molecule has 0 bridgehead atoms. The summed E-state index contributed by atoms with van der Waals surface area (Å²) < 4.78 is 9.91. The Morgan fingerprint density at radius 1 is 0.941 bits per heavy atom. The number of rotatable bonds is 6. The third kappa shape index (κ3) is 5.21. The predicted octanol–water partition coefficient (Wildman–Crippen LogP) is 5.52. The van der Waals surface area contributed by atoms with E-state index in [9.17, 15) is 0 Å². The van der Waals surface area contributed by atoms with Crippen LogP contribution in [0.5, 0.6) is 0 Å². The van der Waals surface area contributed by atoms with Gasteiger partial charge in [0.15, 0.2) is 0 Å². The maximum absolute atomic E-state index is 2.62. The summed E-state index contributed by atoms with van der Waals surface area (Å²) in [6.45, 7) is 15.7. The van der Waals surface area contributed by atoms with Crippen LogP contribution in [0.4, 0.5) is 0 Å². The van der Waals surface area contributed by atoms with Gasteiger partial charge in [0.2, 0.25) is 0 Å². The van der Waals surface area contributed by atoms with Crippen molar-refractivity contribution in [1.29, 1.82) is 0 Å². The van der Waals surface area contributed by atoms with Crippen molar-refractivity contribution in [3.05, 3.63) is 8.23 Å². The molecular weight excluding hydrogens is 414 g/mol. The van der Waals surface area contributed by atoms with Crippen molar-refractivity contribution in [2.75, 3.05) is 0 Å². The van der Waals surface area contributed by atoms with Crippen molar-refractivity contribution in [1.82, 2.24) is 0 Å². The van der Waals surface area contributed by atoms with Gasteiger partial charge in [0.05, 0.1) is 0 Å². The zero-order chi connectivity index (χ0) is 13.9. The van der Waals surface area contributed by atoms with Crippen LogP contribution >= 0.6 is 0 Å². The number of hydrogen-bond donors (Lipinski definition) is 0. The molecule has 0 aromatic carbocycles. The third-order valence-corrected chi connectivity index (χ3v) is 27.9. The zero-order valence-corrected chi connectivity index (χ0v) is 18.6. The summed E-state index contributed by atoms with van der Waals surface area (Å²) in [7, 11) is -1.12.